The van der Waals surface area contributed by atoms with Gasteiger partial charge < -0.3 is 23.8 Å². The zero-order valence-corrected chi connectivity index (χ0v) is 31.4. The molecule has 278 valence electrons. The van der Waals surface area contributed by atoms with Gasteiger partial charge in [0, 0.05) is 19.3 Å². The quantitative estimate of drug-likeness (QED) is 0.0255. The van der Waals surface area contributed by atoms with Crippen LogP contribution in [0.5, 0.6) is 0 Å². The van der Waals surface area contributed by atoms with Crippen LogP contribution in [0.1, 0.15) is 117 Å². The molecule has 0 saturated heterocycles. The molecule has 0 heterocycles. The maximum atomic E-state index is 12.6. The highest BCUT2D eigenvalue weighted by Gasteiger charge is 2.31. The SMILES string of the molecule is CC/C=C/C=C/C=C/C=C/C=C/CCCC(=O)OCC(COCCC(C(=O)O)[N+](C)(C)C)OC(=O)CCCCCCC/C=C/CCCCC. The second kappa shape index (κ2) is 32.0. The van der Waals surface area contributed by atoms with Gasteiger partial charge in [0.1, 0.15) is 6.61 Å². The molecule has 8 heteroatoms. The van der Waals surface area contributed by atoms with Gasteiger partial charge in [0.15, 0.2) is 12.1 Å². The first-order chi connectivity index (χ1) is 23.6. The molecule has 2 unspecified atom stereocenters. The van der Waals surface area contributed by atoms with Crippen molar-refractivity contribution in [3.63, 3.8) is 0 Å². The van der Waals surface area contributed by atoms with Gasteiger partial charge in [-0.3, -0.25) is 9.59 Å². The van der Waals surface area contributed by atoms with Crippen LogP contribution < -0.4 is 0 Å². The third-order valence-corrected chi connectivity index (χ3v) is 7.72. The van der Waals surface area contributed by atoms with Crippen molar-refractivity contribution >= 4 is 17.9 Å². The standard InChI is InChI=1S/C41H67NO7/c1-6-8-10-12-14-16-18-20-22-23-25-27-29-31-39(43)48-36-37(35-47-34-33-38(41(45)46)42(3,4)5)49-40(44)32-30-28-26-24-21-19-17-15-13-11-9-7-2/h8,10,12,14-18,20,22-23,25,37-38H,6-7,9,11,13,19,21,24,26-36H2,1-5H3/p+1/b10-8+,14-12+,17-15+,18-16+,22-20+,25-23+. The van der Waals surface area contributed by atoms with Crippen LogP contribution in [0, 0.1) is 0 Å². The third kappa shape index (κ3) is 30.6. The molecule has 0 aliphatic rings. The Morgan fingerprint density at radius 2 is 1.18 bits per heavy atom. The van der Waals surface area contributed by atoms with E-state index in [0.717, 1.165) is 51.4 Å². The molecule has 8 nitrogen and oxygen atoms in total. The van der Waals surface area contributed by atoms with E-state index in [9.17, 15) is 19.5 Å². The molecule has 0 bridgehead atoms. The van der Waals surface area contributed by atoms with E-state index in [1.807, 2.05) is 75.8 Å². The molecule has 0 aromatic heterocycles. The predicted octanol–water partition coefficient (Wildman–Crippen LogP) is 9.24. The molecule has 0 fully saturated rings. The summed E-state index contributed by atoms with van der Waals surface area (Å²) >= 11 is 0. The summed E-state index contributed by atoms with van der Waals surface area (Å²) in [6, 6.07) is -0.628. The summed E-state index contributed by atoms with van der Waals surface area (Å²) in [6.45, 7) is 4.44. The predicted molar refractivity (Wildman–Crippen MR) is 201 cm³/mol. The fraction of sp³-hybridized carbons (Fsp3) is 0.634. The van der Waals surface area contributed by atoms with Crippen LogP contribution >= 0.6 is 0 Å². The Bertz CT molecular complexity index is 1030. The van der Waals surface area contributed by atoms with Gasteiger partial charge in [0.05, 0.1) is 34.4 Å². The fourth-order valence-electron chi connectivity index (χ4n) is 4.82. The molecule has 0 aliphatic carbocycles. The molecule has 0 aromatic carbocycles. The van der Waals surface area contributed by atoms with Crippen molar-refractivity contribution in [2.75, 3.05) is 41.0 Å². The van der Waals surface area contributed by atoms with Crippen LogP contribution in [0.2, 0.25) is 0 Å². The van der Waals surface area contributed by atoms with Crippen LogP contribution in [0.25, 0.3) is 0 Å². The number of carboxylic acids is 1. The van der Waals surface area contributed by atoms with Gasteiger partial charge in [-0.15, -0.1) is 0 Å². The average molecular weight is 687 g/mol. The van der Waals surface area contributed by atoms with Crippen molar-refractivity contribution in [3.05, 3.63) is 72.9 Å². The van der Waals surface area contributed by atoms with Crippen LogP contribution in [0.4, 0.5) is 0 Å². The van der Waals surface area contributed by atoms with Gasteiger partial charge >= 0.3 is 17.9 Å². The van der Waals surface area contributed by atoms with Crippen molar-refractivity contribution in [2.24, 2.45) is 0 Å². The molecule has 49 heavy (non-hydrogen) atoms. The number of likely N-dealkylation sites (N-methyl/N-ethyl adjacent to an activating group) is 1. The number of unbranched alkanes of at least 4 members (excludes halogenated alkanes) is 9. The summed E-state index contributed by atoms with van der Waals surface area (Å²) in [6.07, 6.45) is 38.1. The van der Waals surface area contributed by atoms with Crippen LogP contribution in [-0.2, 0) is 28.6 Å². The normalized spacial score (nSPS) is 13.9. The number of quaternary nitrogens is 1. The Kier molecular flexibility index (Phi) is 29.9. The molecule has 0 aliphatic heterocycles. The van der Waals surface area contributed by atoms with Gasteiger partial charge in [0.2, 0.25) is 0 Å². The van der Waals surface area contributed by atoms with E-state index in [0.29, 0.717) is 19.3 Å². The van der Waals surface area contributed by atoms with Crippen LogP contribution in [-0.4, -0.2) is 80.6 Å². The monoisotopic (exact) mass is 686 g/mol. The molecule has 0 rings (SSSR count). The molecule has 0 radical (unpaired) electrons. The Morgan fingerprint density at radius 3 is 1.80 bits per heavy atom. The van der Waals surface area contributed by atoms with Gasteiger partial charge in [-0.1, -0.05) is 119 Å². The Morgan fingerprint density at radius 1 is 0.633 bits per heavy atom. The molecule has 1 N–H and O–H groups in total. The highest BCUT2D eigenvalue weighted by atomic mass is 16.6. The van der Waals surface area contributed by atoms with Crippen molar-refractivity contribution in [1.82, 2.24) is 0 Å². The first-order valence-corrected chi connectivity index (χ1v) is 18.5. The molecule has 0 saturated carbocycles. The number of allylic oxidation sites excluding steroid dienone is 12. The topological polar surface area (TPSA) is 99.1 Å². The van der Waals surface area contributed by atoms with Crippen molar-refractivity contribution in [3.8, 4) is 0 Å². The number of hydrogen-bond acceptors (Lipinski definition) is 6. The zero-order chi connectivity index (χ0) is 36.4. The number of carbonyl (C=O) groups excluding carboxylic acids is 2. The van der Waals surface area contributed by atoms with E-state index in [1.165, 1.54) is 25.7 Å². The Labute approximate surface area is 298 Å². The zero-order valence-electron chi connectivity index (χ0n) is 31.4. The first kappa shape index (κ1) is 45.8. The van der Waals surface area contributed by atoms with E-state index >= 15 is 0 Å². The lowest BCUT2D eigenvalue weighted by atomic mass is 10.1. The minimum absolute atomic E-state index is 0.0310. The van der Waals surface area contributed by atoms with Gasteiger partial charge in [-0.2, -0.15) is 0 Å². The number of aliphatic carboxylic acids is 1. The van der Waals surface area contributed by atoms with E-state index in [4.69, 9.17) is 14.2 Å². The number of carbonyl (C=O) groups is 3. The Balaban J connectivity index is 4.60. The summed E-state index contributed by atoms with van der Waals surface area (Å²) in [5.41, 5.74) is 0. The summed E-state index contributed by atoms with van der Waals surface area (Å²) in [4.78, 5) is 36.7. The molecule has 2 atom stereocenters. The number of hydrogen-bond donors (Lipinski definition) is 1. The molecular weight excluding hydrogens is 618 g/mol. The average Bonchev–Trinajstić information content (AvgIpc) is 3.05. The smallest absolute Gasteiger partial charge is 0.362 e. The lowest BCUT2D eigenvalue weighted by molar-refractivity contribution is -0.887. The molecule has 0 spiro atoms. The maximum Gasteiger partial charge on any atom is 0.362 e. The summed E-state index contributed by atoms with van der Waals surface area (Å²) in [5, 5.41) is 9.57. The summed E-state index contributed by atoms with van der Waals surface area (Å²) in [5.74, 6) is -1.59. The largest absolute Gasteiger partial charge is 0.477 e. The minimum atomic E-state index is -0.891. The van der Waals surface area contributed by atoms with Gasteiger partial charge in [-0.05, 0) is 51.4 Å². The van der Waals surface area contributed by atoms with Crippen LogP contribution in [0.15, 0.2) is 72.9 Å². The minimum Gasteiger partial charge on any atom is -0.477 e. The maximum absolute atomic E-state index is 12.6. The lowest BCUT2D eigenvalue weighted by Crippen LogP contribution is -2.50. The number of rotatable bonds is 31. The van der Waals surface area contributed by atoms with Crippen LogP contribution in [0.3, 0.4) is 0 Å². The fourth-order valence-corrected chi connectivity index (χ4v) is 4.82. The number of ether oxygens (including phenoxy) is 3. The Hall–Kier alpha value is -3.23. The van der Waals surface area contributed by atoms with Gasteiger partial charge in [0.25, 0.3) is 0 Å². The highest BCUT2D eigenvalue weighted by molar-refractivity contribution is 5.72. The van der Waals surface area contributed by atoms with E-state index < -0.39 is 18.1 Å². The highest BCUT2D eigenvalue weighted by Crippen LogP contribution is 2.12. The number of nitrogens with zero attached hydrogens (tertiary/aromatic N) is 1. The van der Waals surface area contributed by atoms with Crippen molar-refractivity contribution in [1.29, 1.82) is 0 Å². The van der Waals surface area contributed by atoms with Gasteiger partial charge in [-0.25, -0.2) is 4.79 Å². The number of esters is 2. The van der Waals surface area contributed by atoms with Crippen molar-refractivity contribution < 1.29 is 38.2 Å². The van der Waals surface area contributed by atoms with E-state index in [-0.39, 0.29) is 42.7 Å². The second-order valence-corrected chi connectivity index (χ2v) is 13.2. The first-order valence-electron chi connectivity index (χ1n) is 18.5. The van der Waals surface area contributed by atoms with E-state index in [2.05, 4.69) is 32.1 Å². The molecule has 0 amide bonds. The molecule has 0 aromatic rings. The lowest BCUT2D eigenvalue weighted by Gasteiger charge is -2.31. The summed E-state index contributed by atoms with van der Waals surface area (Å²) in [7, 11) is 5.48. The molecular formula is C41H68NO7+. The third-order valence-electron chi connectivity index (χ3n) is 7.72. The van der Waals surface area contributed by atoms with Crippen molar-refractivity contribution in [2.45, 2.75) is 129 Å². The second-order valence-electron chi connectivity index (χ2n) is 13.2. The van der Waals surface area contributed by atoms with E-state index in [1.54, 1.807) is 0 Å². The summed E-state index contributed by atoms with van der Waals surface area (Å²) < 4.78 is 17.1. The number of carboxylic acid groups (broad SMARTS) is 1.